The molecule has 0 bridgehead atoms. The van der Waals surface area contributed by atoms with Crippen LogP contribution in [0, 0.1) is 0 Å². The van der Waals surface area contributed by atoms with Crippen LogP contribution in [-0.4, -0.2) is 47.1 Å². The van der Waals surface area contributed by atoms with Gasteiger partial charge in [0.1, 0.15) is 17.2 Å². The third-order valence-electron chi connectivity index (χ3n) is 4.30. The number of nitrogens with one attached hydrogen (secondary N) is 1. The van der Waals surface area contributed by atoms with Crippen LogP contribution in [0.5, 0.6) is 5.75 Å². The van der Waals surface area contributed by atoms with E-state index in [1.165, 1.54) is 44.4 Å². The van der Waals surface area contributed by atoms with E-state index in [1.807, 2.05) is 0 Å². The lowest BCUT2D eigenvalue weighted by molar-refractivity contribution is -0.144. The number of hydrogen-bond donors (Lipinski definition) is 2. The minimum Gasteiger partial charge on any atom is -0.479 e. The van der Waals surface area contributed by atoms with Crippen molar-refractivity contribution in [3.05, 3.63) is 56.5 Å². The normalized spacial score (nSPS) is 15.6. The molecule has 0 unspecified atom stereocenters. The van der Waals surface area contributed by atoms with Gasteiger partial charge in [0, 0.05) is 10.6 Å². The largest absolute Gasteiger partial charge is 0.479 e. The number of esters is 1. The quantitative estimate of drug-likeness (QED) is 0.318. The highest BCUT2D eigenvalue weighted by molar-refractivity contribution is 9.10. The van der Waals surface area contributed by atoms with E-state index in [1.54, 1.807) is 0 Å². The second-order valence-electron chi connectivity index (χ2n) is 6.54. The Kier molecular flexibility index (Phi) is 6.90. The van der Waals surface area contributed by atoms with Crippen molar-refractivity contribution in [1.29, 1.82) is 0 Å². The molecule has 2 aromatic rings. The molecule has 12 heteroatoms. The number of carbonyl (C=O) groups excluding carboxylic acids is 3. The highest BCUT2D eigenvalue weighted by Gasteiger charge is 2.35. The molecule has 32 heavy (non-hydrogen) atoms. The molecule has 2 N–H and O–H groups in total. The van der Waals surface area contributed by atoms with Gasteiger partial charge in [-0.15, -0.1) is 0 Å². The summed E-state index contributed by atoms with van der Waals surface area (Å²) in [5.74, 6) is -2.29. The molecular weight excluding hydrogens is 512 g/mol. The third-order valence-corrected chi connectivity index (χ3v) is 5.11. The highest BCUT2D eigenvalue weighted by Crippen LogP contribution is 2.35. The maximum absolute atomic E-state index is 12.8. The first kappa shape index (κ1) is 23.4. The van der Waals surface area contributed by atoms with Crippen LogP contribution >= 0.6 is 27.5 Å². The summed E-state index contributed by atoms with van der Waals surface area (Å²) < 4.78 is 15.7. The summed E-state index contributed by atoms with van der Waals surface area (Å²) in [6.07, 6.45) is 0.140. The van der Waals surface area contributed by atoms with Crippen LogP contribution < -0.4 is 10.1 Å². The topological polar surface area (TPSA) is 135 Å². The van der Waals surface area contributed by atoms with Gasteiger partial charge in [-0.3, -0.25) is 9.69 Å². The van der Waals surface area contributed by atoms with E-state index >= 15 is 0 Å². The van der Waals surface area contributed by atoms with Gasteiger partial charge in [0.25, 0.3) is 5.91 Å². The summed E-state index contributed by atoms with van der Waals surface area (Å²) in [5.41, 5.74) is 0.186. The monoisotopic (exact) mass is 526 g/mol. The Hall–Kier alpha value is -3.31. The van der Waals surface area contributed by atoms with Crippen LogP contribution in [0.4, 0.5) is 4.79 Å². The SMILES string of the molecule is COC(=O)c1ccc(CN2C(=O)N/C(=C\c3cc(Cl)cc(Br)c3O[C@H](C)C(=O)O)C2=O)o1. The number of carboxylic acid groups (broad SMARTS) is 1. The predicted molar refractivity (Wildman–Crippen MR) is 114 cm³/mol. The second-order valence-corrected chi connectivity index (χ2v) is 7.83. The van der Waals surface area contributed by atoms with Gasteiger partial charge in [-0.25, -0.2) is 14.4 Å². The standard InChI is InChI=1S/C20H16BrClN2O8/c1-9(18(26)27)31-16-10(5-11(22)7-13(16)21)6-14-17(25)24(20(29)23-14)8-12-3-4-15(32-12)19(28)30-2/h3-7,9H,8H2,1-2H3,(H,23,29)(H,26,27)/b14-6-/t9-/m1/s1. The van der Waals surface area contributed by atoms with Crippen molar-refractivity contribution in [2.45, 2.75) is 19.6 Å². The zero-order valence-corrected chi connectivity index (χ0v) is 19.0. The highest BCUT2D eigenvalue weighted by atomic mass is 79.9. The van der Waals surface area contributed by atoms with Crippen LogP contribution in [0.15, 0.2) is 38.9 Å². The number of carboxylic acids is 1. The van der Waals surface area contributed by atoms with Crippen LogP contribution in [-0.2, 0) is 20.9 Å². The number of nitrogens with zero attached hydrogens (tertiary/aromatic N) is 1. The van der Waals surface area contributed by atoms with Crippen molar-refractivity contribution in [2.24, 2.45) is 0 Å². The molecule has 3 amide bonds. The van der Waals surface area contributed by atoms with E-state index in [4.69, 9.17) is 25.9 Å². The molecule has 1 aromatic heterocycles. The molecule has 168 valence electrons. The van der Waals surface area contributed by atoms with E-state index in [-0.39, 0.29) is 35.1 Å². The van der Waals surface area contributed by atoms with Crippen LogP contribution in [0.2, 0.25) is 5.02 Å². The summed E-state index contributed by atoms with van der Waals surface area (Å²) in [7, 11) is 1.20. The average molecular weight is 528 g/mol. The summed E-state index contributed by atoms with van der Waals surface area (Å²) in [6.45, 7) is 1.12. The van der Waals surface area contributed by atoms with Crippen LogP contribution in [0.1, 0.15) is 28.8 Å². The molecule has 0 spiro atoms. The number of furan rings is 1. The molecule has 1 saturated heterocycles. The molecule has 0 radical (unpaired) electrons. The van der Waals surface area contributed by atoms with Crippen LogP contribution in [0.3, 0.4) is 0 Å². The molecule has 3 rings (SSSR count). The number of hydrogen-bond acceptors (Lipinski definition) is 7. The second kappa shape index (κ2) is 9.45. The van der Waals surface area contributed by atoms with Gasteiger partial charge in [-0.2, -0.15) is 0 Å². The molecule has 1 aromatic carbocycles. The number of urea groups is 1. The first-order valence-electron chi connectivity index (χ1n) is 9.00. The average Bonchev–Trinajstić information content (AvgIpc) is 3.30. The number of methoxy groups -OCH3 is 1. The molecule has 0 aliphatic carbocycles. The van der Waals surface area contributed by atoms with Gasteiger partial charge in [0.15, 0.2) is 6.10 Å². The van der Waals surface area contributed by atoms with Crippen molar-refractivity contribution in [2.75, 3.05) is 7.11 Å². The molecule has 2 heterocycles. The van der Waals surface area contributed by atoms with E-state index < -0.39 is 30.0 Å². The summed E-state index contributed by atoms with van der Waals surface area (Å²) in [6, 6.07) is 5.07. The molecule has 1 atom stereocenters. The zero-order valence-electron chi connectivity index (χ0n) is 16.7. The van der Waals surface area contributed by atoms with Gasteiger partial charge < -0.3 is 24.3 Å². The fourth-order valence-electron chi connectivity index (χ4n) is 2.74. The fraction of sp³-hybridized carbons (Fsp3) is 0.200. The van der Waals surface area contributed by atoms with Gasteiger partial charge in [-0.05, 0) is 53.2 Å². The molecule has 0 saturated carbocycles. The number of aliphatic carboxylic acids is 1. The lowest BCUT2D eigenvalue weighted by atomic mass is 10.1. The Morgan fingerprint density at radius 2 is 2.06 bits per heavy atom. The third kappa shape index (κ3) is 4.94. The van der Waals surface area contributed by atoms with E-state index in [0.29, 0.717) is 9.50 Å². The Balaban J connectivity index is 1.88. The Morgan fingerprint density at radius 3 is 2.72 bits per heavy atom. The van der Waals surface area contributed by atoms with Crippen molar-refractivity contribution < 1.29 is 38.2 Å². The smallest absolute Gasteiger partial charge is 0.373 e. The maximum atomic E-state index is 12.8. The van der Waals surface area contributed by atoms with Crippen LogP contribution in [0.25, 0.3) is 6.08 Å². The van der Waals surface area contributed by atoms with E-state index in [9.17, 15) is 19.2 Å². The fourth-order valence-corrected chi connectivity index (χ4v) is 3.67. The lowest BCUT2D eigenvalue weighted by Gasteiger charge is -2.15. The number of benzene rings is 1. The minimum atomic E-state index is -1.19. The Morgan fingerprint density at radius 1 is 1.34 bits per heavy atom. The van der Waals surface area contributed by atoms with Gasteiger partial charge in [0.2, 0.25) is 5.76 Å². The molecule has 1 aliphatic rings. The Labute approximate surface area is 194 Å². The molecule has 1 fully saturated rings. The molecular formula is C20H16BrClN2O8. The zero-order chi connectivity index (χ0) is 23.6. The van der Waals surface area contributed by atoms with Gasteiger partial charge in [-0.1, -0.05) is 11.6 Å². The Bertz CT molecular complexity index is 1140. The van der Waals surface area contributed by atoms with E-state index in [2.05, 4.69) is 26.0 Å². The molecule has 1 aliphatic heterocycles. The predicted octanol–water partition coefficient (Wildman–Crippen LogP) is 3.43. The summed E-state index contributed by atoms with van der Waals surface area (Å²) >= 11 is 9.35. The number of rotatable bonds is 7. The van der Waals surface area contributed by atoms with Crippen molar-refractivity contribution in [3.63, 3.8) is 0 Å². The van der Waals surface area contributed by atoms with E-state index in [0.717, 1.165) is 4.90 Å². The maximum Gasteiger partial charge on any atom is 0.373 e. The number of carbonyl (C=O) groups is 4. The minimum absolute atomic E-state index is 0.0663. The summed E-state index contributed by atoms with van der Waals surface area (Å²) in [4.78, 5) is 48.7. The summed E-state index contributed by atoms with van der Waals surface area (Å²) in [5, 5.41) is 11.9. The number of imide groups is 1. The first-order valence-corrected chi connectivity index (χ1v) is 10.2. The van der Waals surface area contributed by atoms with Crippen molar-refractivity contribution in [1.82, 2.24) is 10.2 Å². The number of amides is 3. The molecule has 10 nitrogen and oxygen atoms in total. The number of ether oxygens (including phenoxy) is 2. The van der Waals surface area contributed by atoms with Crippen molar-refractivity contribution >= 4 is 57.5 Å². The van der Waals surface area contributed by atoms with Gasteiger partial charge >= 0.3 is 18.0 Å². The lowest BCUT2D eigenvalue weighted by Crippen LogP contribution is -2.30. The van der Waals surface area contributed by atoms with Gasteiger partial charge in [0.05, 0.1) is 18.1 Å². The first-order chi connectivity index (χ1) is 15.1. The number of halogens is 2. The van der Waals surface area contributed by atoms with Crippen molar-refractivity contribution in [3.8, 4) is 5.75 Å².